The maximum absolute atomic E-state index is 5.26. The molecule has 0 aromatic rings. The predicted molar refractivity (Wildman–Crippen MR) is 48.8 cm³/mol. The van der Waals surface area contributed by atoms with Crippen LogP contribution in [0.2, 0.25) is 0 Å². The van der Waals surface area contributed by atoms with Crippen molar-refractivity contribution in [1.29, 1.82) is 0 Å². The van der Waals surface area contributed by atoms with Gasteiger partial charge in [0.2, 0.25) is 0 Å². The molecule has 2 aliphatic rings. The van der Waals surface area contributed by atoms with Crippen LogP contribution in [0.15, 0.2) is 24.4 Å². The molecule has 2 heteroatoms. The molecule has 66 valence electrons. The van der Waals surface area contributed by atoms with E-state index in [2.05, 4.69) is 18.0 Å². The lowest BCUT2D eigenvalue weighted by Crippen LogP contribution is -2.36. The summed E-state index contributed by atoms with van der Waals surface area (Å²) in [5, 5.41) is 3.48. The highest BCUT2D eigenvalue weighted by molar-refractivity contribution is 5.12. The van der Waals surface area contributed by atoms with Crippen molar-refractivity contribution in [1.82, 2.24) is 5.32 Å². The van der Waals surface area contributed by atoms with Crippen LogP contribution in [0.4, 0.5) is 0 Å². The fraction of sp³-hybridized carbons (Fsp3) is 0.600. The van der Waals surface area contributed by atoms with Crippen molar-refractivity contribution in [3.05, 3.63) is 24.4 Å². The summed E-state index contributed by atoms with van der Waals surface area (Å²) in [6.45, 7) is 4.64. The highest BCUT2D eigenvalue weighted by Crippen LogP contribution is 2.24. The summed E-state index contributed by atoms with van der Waals surface area (Å²) in [7, 11) is 0. The molecule has 2 saturated heterocycles. The van der Waals surface area contributed by atoms with Crippen LogP contribution in [0.25, 0.3) is 0 Å². The smallest absolute Gasteiger partial charge is 0.101 e. The minimum absolute atomic E-state index is 0.485. The van der Waals surface area contributed by atoms with Crippen molar-refractivity contribution in [2.45, 2.75) is 31.4 Å². The quantitative estimate of drug-likeness (QED) is 0.628. The first-order valence-corrected chi connectivity index (χ1v) is 4.60. The lowest BCUT2D eigenvalue weighted by Gasteiger charge is -2.25. The molecular weight excluding hydrogens is 150 g/mol. The Morgan fingerprint density at radius 1 is 1.58 bits per heavy atom. The third-order valence-electron chi connectivity index (χ3n) is 2.46. The summed E-state index contributed by atoms with van der Waals surface area (Å²) >= 11 is 0. The van der Waals surface area contributed by atoms with Crippen LogP contribution in [0.1, 0.15) is 19.3 Å². The molecule has 1 N–H and O–H groups in total. The summed E-state index contributed by atoms with van der Waals surface area (Å²) in [6, 6.07) is 0.560. The predicted octanol–water partition coefficient (Wildman–Crippen LogP) is 1.60. The summed E-state index contributed by atoms with van der Waals surface area (Å²) in [5.74, 6) is 0. The van der Waals surface area contributed by atoms with E-state index in [1.165, 1.54) is 18.5 Å². The maximum Gasteiger partial charge on any atom is 0.101 e. The Labute approximate surface area is 73.3 Å². The van der Waals surface area contributed by atoms with Gasteiger partial charge in [0.05, 0.1) is 12.6 Å². The van der Waals surface area contributed by atoms with E-state index in [9.17, 15) is 0 Å². The molecule has 0 saturated carbocycles. The minimum atomic E-state index is 0.485. The van der Waals surface area contributed by atoms with Gasteiger partial charge in [-0.05, 0) is 25.3 Å². The number of ether oxygens (including phenoxy) is 1. The molecule has 0 aromatic carbocycles. The van der Waals surface area contributed by atoms with E-state index in [4.69, 9.17) is 4.74 Å². The first-order chi connectivity index (χ1) is 5.90. The topological polar surface area (TPSA) is 24.6 Å². The van der Waals surface area contributed by atoms with Crippen LogP contribution < -0.4 is 5.32 Å². The third-order valence-corrected chi connectivity index (χ3v) is 2.46. The Hall–Kier alpha value is -0.760. The van der Waals surface area contributed by atoms with Gasteiger partial charge in [0.25, 0.3) is 0 Å². The van der Waals surface area contributed by atoms with Crippen LogP contribution in [0, 0.1) is 0 Å². The van der Waals surface area contributed by atoms with E-state index >= 15 is 0 Å². The van der Waals surface area contributed by atoms with Gasteiger partial charge in [0.1, 0.15) is 6.10 Å². The van der Waals surface area contributed by atoms with E-state index in [1.807, 2.05) is 6.08 Å². The number of hydrogen-bond donors (Lipinski definition) is 1. The van der Waals surface area contributed by atoms with E-state index in [0.717, 1.165) is 13.0 Å². The number of allylic oxidation sites excluding steroid dienone is 3. The molecular formula is C10H15NO. The second-order valence-corrected chi connectivity index (χ2v) is 3.44. The van der Waals surface area contributed by atoms with Crippen molar-refractivity contribution >= 4 is 0 Å². The van der Waals surface area contributed by atoms with Gasteiger partial charge in [-0.3, -0.25) is 0 Å². The van der Waals surface area contributed by atoms with Gasteiger partial charge in [-0.2, -0.15) is 0 Å². The van der Waals surface area contributed by atoms with Crippen LogP contribution in [0.3, 0.4) is 0 Å². The molecule has 0 amide bonds. The normalized spacial score (nSPS) is 37.5. The van der Waals surface area contributed by atoms with Gasteiger partial charge in [-0.25, -0.2) is 0 Å². The third kappa shape index (κ3) is 1.69. The second kappa shape index (κ2) is 3.31. The molecule has 0 bridgehead atoms. The van der Waals surface area contributed by atoms with Crippen molar-refractivity contribution in [2.24, 2.45) is 0 Å². The average molecular weight is 165 g/mol. The molecule has 0 spiro atoms. The molecule has 2 heterocycles. The SMILES string of the molecule is C=C/C=C1\CCCC(C2CO2)N1. The minimum Gasteiger partial charge on any atom is -0.383 e. The van der Waals surface area contributed by atoms with Gasteiger partial charge in [0, 0.05) is 5.70 Å². The number of piperidine rings is 1. The Morgan fingerprint density at radius 2 is 2.42 bits per heavy atom. The van der Waals surface area contributed by atoms with Gasteiger partial charge in [-0.1, -0.05) is 12.7 Å². The molecule has 2 unspecified atom stereocenters. The lowest BCUT2D eigenvalue weighted by atomic mass is 10.00. The molecule has 0 aliphatic carbocycles. The fourth-order valence-corrected chi connectivity index (χ4v) is 1.74. The average Bonchev–Trinajstić information content (AvgIpc) is 2.88. The van der Waals surface area contributed by atoms with Crippen molar-refractivity contribution in [3.63, 3.8) is 0 Å². The molecule has 2 rings (SSSR count). The van der Waals surface area contributed by atoms with Gasteiger partial charge >= 0.3 is 0 Å². The van der Waals surface area contributed by atoms with Gasteiger partial charge < -0.3 is 10.1 Å². The number of hydrogen-bond acceptors (Lipinski definition) is 2. The molecule has 2 aliphatic heterocycles. The molecule has 12 heavy (non-hydrogen) atoms. The Kier molecular flexibility index (Phi) is 2.17. The van der Waals surface area contributed by atoms with E-state index in [-0.39, 0.29) is 0 Å². The Balaban J connectivity index is 1.93. The summed E-state index contributed by atoms with van der Waals surface area (Å²) in [4.78, 5) is 0. The lowest BCUT2D eigenvalue weighted by molar-refractivity contribution is 0.321. The molecule has 2 fully saturated rings. The highest BCUT2D eigenvalue weighted by Gasteiger charge is 2.34. The molecule has 0 aromatic heterocycles. The van der Waals surface area contributed by atoms with Crippen molar-refractivity contribution < 1.29 is 4.74 Å². The molecule has 2 atom stereocenters. The molecule has 0 radical (unpaired) electrons. The van der Waals surface area contributed by atoms with E-state index in [0.29, 0.717) is 12.1 Å². The highest BCUT2D eigenvalue weighted by atomic mass is 16.6. The standard InChI is InChI=1S/C10H15NO/c1-2-4-8-5-3-6-9(11-8)10-7-12-10/h2,4,9-11H,1,3,5-7H2/b8-4+. The number of epoxide rings is 1. The van der Waals surface area contributed by atoms with Crippen molar-refractivity contribution in [2.75, 3.05) is 6.61 Å². The second-order valence-electron chi connectivity index (χ2n) is 3.44. The zero-order chi connectivity index (χ0) is 8.39. The monoisotopic (exact) mass is 165 g/mol. The van der Waals surface area contributed by atoms with E-state index in [1.54, 1.807) is 0 Å². The van der Waals surface area contributed by atoms with Crippen LogP contribution in [-0.2, 0) is 4.74 Å². The number of nitrogens with one attached hydrogen (secondary N) is 1. The van der Waals surface area contributed by atoms with Crippen LogP contribution in [0.5, 0.6) is 0 Å². The summed E-state index contributed by atoms with van der Waals surface area (Å²) in [6.07, 6.45) is 8.08. The first kappa shape index (κ1) is 7.87. The number of rotatable bonds is 2. The van der Waals surface area contributed by atoms with Gasteiger partial charge in [-0.15, -0.1) is 0 Å². The first-order valence-electron chi connectivity index (χ1n) is 4.60. The van der Waals surface area contributed by atoms with Crippen LogP contribution >= 0.6 is 0 Å². The summed E-state index contributed by atoms with van der Waals surface area (Å²) < 4.78 is 5.26. The largest absolute Gasteiger partial charge is 0.383 e. The Morgan fingerprint density at radius 3 is 3.08 bits per heavy atom. The maximum atomic E-state index is 5.26. The molecule has 2 nitrogen and oxygen atoms in total. The Bertz CT molecular complexity index is 206. The summed E-state index contributed by atoms with van der Waals surface area (Å²) in [5.41, 5.74) is 1.32. The fourth-order valence-electron chi connectivity index (χ4n) is 1.74. The van der Waals surface area contributed by atoms with Crippen molar-refractivity contribution in [3.8, 4) is 0 Å². The zero-order valence-electron chi connectivity index (χ0n) is 7.25. The van der Waals surface area contributed by atoms with Crippen LogP contribution in [-0.4, -0.2) is 18.8 Å². The van der Waals surface area contributed by atoms with E-state index < -0.39 is 0 Å². The zero-order valence-corrected chi connectivity index (χ0v) is 7.25. The van der Waals surface area contributed by atoms with Gasteiger partial charge in [0.15, 0.2) is 0 Å².